The first-order valence-electron chi connectivity index (χ1n) is 7.91. The zero-order valence-electron chi connectivity index (χ0n) is 13.8. The van der Waals surface area contributed by atoms with Gasteiger partial charge in [0.1, 0.15) is 0 Å². The largest absolute Gasteiger partial charge is 0.346 e. The van der Waals surface area contributed by atoms with E-state index >= 15 is 0 Å². The molecule has 0 amide bonds. The van der Waals surface area contributed by atoms with E-state index in [0.717, 1.165) is 19.5 Å². The average Bonchev–Trinajstić information content (AvgIpc) is 2.77. The zero-order chi connectivity index (χ0) is 15.3. The maximum Gasteiger partial charge on any atom is 0.0483 e. The number of rotatable bonds is 7. The van der Waals surface area contributed by atoms with Crippen LogP contribution in [0.4, 0.5) is 0 Å². The molecule has 0 atom stereocenters. The molecule has 0 saturated carbocycles. The van der Waals surface area contributed by atoms with Crippen molar-refractivity contribution in [3.05, 3.63) is 36.0 Å². The molecule has 2 rings (SSSR count). The summed E-state index contributed by atoms with van der Waals surface area (Å²) in [6.07, 6.45) is 3.44. The van der Waals surface area contributed by atoms with Gasteiger partial charge in [0.05, 0.1) is 0 Å². The number of benzene rings is 1. The summed E-state index contributed by atoms with van der Waals surface area (Å²) in [6, 6.07) is 8.79. The Morgan fingerprint density at radius 1 is 1.19 bits per heavy atom. The monoisotopic (exact) mass is 304 g/mol. The summed E-state index contributed by atoms with van der Waals surface area (Å²) in [5.74, 6) is 2.39. The van der Waals surface area contributed by atoms with Crippen LogP contribution in [0.5, 0.6) is 0 Å². The van der Waals surface area contributed by atoms with E-state index in [1.54, 1.807) is 0 Å². The first-order valence-corrected chi connectivity index (χ1v) is 9.06. The SMILES string of the molecule is CCSCCn1cc(CCNC(C)(C)C)c2ccccc21. The lowest BCUT2D eigenvalue weighted by atomic mass is 10.1. The first kappa shape index (κ1) is 16.4. The number of nitrogens with one attached hydrogen (secondary N) is 1. The lowest BCUT2D eigenvalue weighted by molar-refractivity contribution is 0.429. The summed E-state index contributed by atoms with van der Waals surface area (Å²) in [5.41, 5.74) is 3.03. The van der Waals surface area contributed by atoms with Crippen molar-refractivity contribution in [1.29, 1.82) is 0 Å². The van der Waals surface area contributed by atoms with Crippen molar-refractivity contribution < 1.29 is 0 Å². The van der Waals surface area contributed by atoms with Crippen LogP contribution >= 0.6 is 11.8 Å². The minimum Gasteiger partial charge on any atom is -0.346 e. The number of aromatic nitrogens is 1. The molecule has 21 heavy (non-hydrogen) atoms. The molecular formula is C18H28N2S. The fraction of sp³-hybridized carbons (Fsp3) is 0.556. The van der Waals surface area contributed by atoms with Gasteiger partial charge in [-0.3, -0.25) is 0 Å². The summed E-state index contributed by atoms with van der Waals surface area (Å²) >= 11 is 2.01. The lowest BCUT2D eigenvalue weighted by Crippen LogP contribution is -2.37. The maximum absolute atomic E-state index is 3.58. The van der Waals surface area contributed by atoms with Gasteiger partial charge in [-0.05, 0) is 51.1 Å². The van der Waals surface area contributed by atoms with Gasteiger partial charge in [-0.2, -0.15) is 11.8 Å². The molecule has 3 heteroatoms. The third-order valence-corrected chi connectivity index (χ3v) is 4.48. The topological polar surface area (TPSA) is 17.0 Å². The van der Waals surface area contributed by atoms with E-state index < -0.39 is 0 Å². The van der Waals surface area contributed by atoms with E-state index in [9.17, 15) is 0 Å². The molecule has 2 aromatic rings. The van der Waals surface area contributed by atoms with Crippen LogP contribution in [0.3, 0.4) is 0 Å². The molecule has 1 N–H and O–H groups in total. The van der Waals surface area contributed by atoms with Gasteiger partial charge < -0.3 is 9.88 Å². The summed E-state index contributed by atoms with van der Waals surface area (Å²) in [4.78, 5) is 0. The minimum atomic E-state index is 0.191. The second-order valence-electron chi connectivity index (χ2n) is 6.49. The number of hydrogen-bond acceptors (Lipinski definition) is 2. The van der Waals surface area contributed by atoms with E-state index in [1.165, 1.54) is 28.0 Å². The van der Waals surface area contributed by atoms with Crippen LogP contribution in [-0.2, 0) is 13.0 Å². The molecule has 1 heterocycles. The second kappa shape index (κ2) is 7.37. The first-order chi connectivity index (χ1) is 10.0. The van der Waals surface area contributed by atoms with Gasteiger partial charge in [-0.25, -0.2) is 0 Å². The standard InChI is InChI=1S/C18H28N2S/c1-5-21-13-12-20-14-15(10-11-19-18(2,3)4)16-8-6-7-9-17(16)20/h6-9,14,19H,5,10-13H2,1-4H3. The lowest BCUT2D eigenvalue weighted by Gasteiger charge is -2.20. The molecule has 0 bridgehead atoms. The van der Waals surface area contributed by atoms with Crippen LogP contribution in [0, 0.1) is 0 Å². The molecule has 0 radical (unpaired) electrons. The molecule has 116 valence electrons. The maximum atomic E-state index is 3.58. The molecule has 0 aliphatic carbocycles. The quantitative estimate of drug-likeness (QED) is 0.767. The van der Waals surface area contributed by atoms with Gasteiger partial charge in [-0.1, -0.05) is 25.1 Å². The van der Waals surface area contributed by atoms with Crippen molar-refractivity contribution >= 4 is 22.7 Å². The third-order valence-electron chi connectivity index (χ3n) is 3.60. The van der Waals surface area contributed by atoms with Crippen molar-refractivity contribution in [3.8, 4) is 0 Å². The fourth-order valence-electron chi connectivity index (χ4n) is 2.59. The van der Waals surface area contributed by atoms with Crippen molar-refractivity contribution in [2.45, 2.75) is 46.2 Å². The highest BCUT2D eigenvalue weighted by Crippen LogP contribution is 2.22. The fourth-order valence-corrected chi connectivity index (χ4v) is 3.20. The van der Waals surface area contributed by atoms with Crippen LogP contribution in [0.15, 0.2) is 30.5 Å². The van der Waals surface area contributed by atoms with Crippen LogP contribution in [-0.4, -0.2) is 28.2 Å². The van der Waals surface area contributed by atoms with Gasteiger partial charge >= 0.3 is 0 Å². The molecule has 0 unspecified atom stereocenters. The van der Waals surface area contributed by atoms with E-state index in [1.807, 2.05) is 11.8 Å². The number of nitrogens with zero attached hydrogens (tertiary/aromatic N) is 1. The Morgan fingerprint density at radius 2 is 1.95 bits per heavy atom. The molecular weight excluding hydrogens is 276 g/mol. The number of fused-ring (bicyclic) bond motifs is 1. The zero-order valence-corrected chi connectivity index (χ0v) is 14.6. The van der Waals surface area contributed by atoms with Gasteiger partial charge in [-0.15, -0.1) is 0 Å². The molecule has 1 aromatic carbocycles. The number of thioether (sulfide) groups is 1. The highest BCUT2D eigenvalue weighted by Gasteiger charge is 2.11. The predicted octanol–water partition coefficient (Wildman–Crippen LogP) is 4.33. The van der Waals surface area contributed by atoms with Crippen LogP contribution in [0.1, 0.15) is 33.3 Å². The minimum absolute atomic E-state index is 0.191. The Labute approximate surface area is 133 Å². The molecule has 1 aromatic heterocycles. The smallest absolute Gasteiger partial charge is 0.0483 e. The van der Waals surface area contributed by atoms with E-state index in [4.69, 9.17) is 0 Å². The molecule has 0 aliphatic rings. The highest BCUT2D eigenvalue weighted by atomic mass is 32.2. The summed E-state index contributed by atoms with van der Waals surface area (Å²) in [5, 5.41) is 5.00. The second-order valence-corrected chi connectivity index (χ2v) is 7.88. The van der Waals surface area contributed by atoms with Gasteiger partial charge in [0.2, 0.25) is 0 Å². The van der Waals surface area contributed by atoms with Gasteiger partial charge in [0.15, 0.2) is 0 Å². The van der Waals surface area contributed by atoms with Crippen molar-refractivity contribution in [3.63, 3.8) is 0 Å². The molecule has 0 spiro atoms. The van der Waals surface area contributed by atoms with E-state index in [2.05, 4.69) is 68.0 Å². The Kier molecular flexibility index (Phi) is 5.77. The summed E-state index contributed by atoms with van der Waals surface area (Å²) in [6.45, 7) is 11.0. The van der Waals surface area contributed by atoms with Gasteiger partial charge in [0, 0.05) is 34.9 Å². The van der Waals surface area contributed by atoms with Crippen LogP contribution < -0.4 is 5.32 Å². The van der Waals surface area contributed by atoms with E-state index in [0.29, 0.717) is 0 Å². The van der Waals surface area contributed by atoms with Crippen LogP contribution in [0.2, 0.25) is 0 Å². The van der Waals surface area contributed by atoms with Crippen molar-refractivity contribution in [2.75, 3.05) is 18.1 Å². The normalized spacial score (nSPS) is 12.2. The Bertz CT molecular complexity index is 566. The average molecular weight is 305 g/mol. The Hall–Kier alpha value is -0.930. The van der Waals surface area contributed by atoms with Gasteiger partial charge in [0.25, 0.3) is 0 Å². The van der Waals surface area contributed by atoms with Crippen LogP contribution in [0.25, 0.3) is 10.9 Å². The molecule has 0 aliphatic heterocycles. The molecule has 0 saturated heterocycles. The summed E-state index contributed by atoms with van der Waals surface area (Å²) in [7, 11) is 0. The highest BCUT2D eigenvalue weighted by molar-refractivity contribution is 7.99. The third kappa shape index (κ3) is 4.79. The number of aryl methyl sites for hydroxylation is 1. The number of para-hydroxylation sites is 1. The van der Waals surface area contributed by atoms with Crippen molar-refractivity contribution in [1.82, 2.24) is 9.88 Å². The molecule has 0 fully saturated rings. The Balaban J connectivity index is 2.11. The van der Waals surface area contributed by atoms with Crippen molar-refractivity contribution in [2.24, 2.45) is 0 Å². The summed E-state index contributed by atoms with van der Waals surface area (Å²) < 4.78 is 2.42. The number of hydrogen-bond donors (Lipinski definition) is 1. The molecule has 2 nitrogen and oxygen atoms in total. The van der Waals surface area contributed by atoms with E-state index in [-0.39, 0.29) is 5.54 Å². The predicted molar refractivity (Wildman–Crippen MR) is 96.4 cm³/mol. The Morgan fingerprint density at radius 3 is 2.67 bits per heavy atom.